The Morgan fingerprint density at radius 1 is 0.302 bits per heavy atom. The van der Waals surface area contributed by atoms with Crippen LogP contribution in [0.5, 0.6) is 0 Å². The molecule has 0 bridgehead atoms. The third-order valence-electron chi connectivity index (χ3n) is 12.4. The molecule has 12 aromatic rings. The number of anilines is 3. The van der Waals surface area contributed by atoms with Crippen LogP contribution in [0.3, 0.4) is 0 Å². The molecule has 12 rings (SSSR count). The maximum atomic E-state index is 6.42. The molecule has 296 valence electrons. The van der Waals surface area contributed by atoms with Gasteiger partial charge < -0.3 is 13.9 Å². The lowest BCUT2D eigenvalue weighted by atomic mass is 9.96. The van der Waals surface area contributed by atoms with Crippen LogP contribution in [0.4, 0.5) is 17.1 Å². The van der Waals surface area contributed by atoms with E-state index in [0.717, 1.165) is 78.1 Å². The predicted molar refractivity (Wildman–Crippen MR) is 264 cm³/mol. The summed E-state index contributed by atoms with van der Waals surface area (Å²) in [6, 6.07) is 87.2. The van der Waals surface area contributed by atoms with Crippen LogP contribution < -0.4 is 4.90 Å². The highest BCUT2D eigenvalue weighted by molar-refractivity contribution is 6.09. The number of para-hydroxylation sites is 5. The van der Waals surface area contributed by atoms with E-state index in [4.69, 9.17) is 4.42 Å². The minimum Gasteiger partial charge on any atom is -0.456 e. The van der Waals surface area contributed by atoms with Gasteiger partial charge in [-0.25, -0.2) is 0 Å². The zero-order valence-corrected chi connectivity index (χ0v) is 34.4. The van der Waals surface area contributed by atoms with Gasteiger partial charge in [0.2, 0.25) is 0 Å². The highest BCUT2D eigenvalue weighted by atomic mass is 16.3. The Bertz CT molecular complexity index is 3580. The zero-order chi connectivity index (χ0) is 41.7. The molecule has 2 heterocycles. The standard InChI is InChI=1S/C60H40N2O/c1-2-16-41(17-3-1)43-18-14-20-45(38-43)49-22-4-9-27-55(49)61(56-28-10-5-23-50(56)46-34-37-54-53-26-8-13-31-59(53)63-60(54)40-46)47-35-32-42(33-36-47)44-19-15-21-48(39-44)62-57-29-11-6-24-51(57)52-25-7-12-30-58(52)62/h1-40H. The van der Waals surface area contributed by atoms with Crippen LogP contribution in [-0.2, 0) is 0 Å². The van der Waals surface area contributed by atoms with Gasteiger partial charge >= 0.3 is 0 Å². The Morgan fingerprint density at radius 3 is 1.51 bits per heavy atom. The first-order chi connectivity index (χ1) is 31.2. The predicted octanol–water partition coefficient (Wildman–Crippen LogP) is 16.8. The Balaban J connectivity index is 1.00. The van der Waals surface area contributed by atoms with E-state index in [1.54, 1.807) is 0 Å². The summed E-state index contributed by atoms with van der Waals surface area (Å²) >= 11 is 0. The molecule has 0 amide bonds. The van der Waals surface area contributed by atoms with Crippen LogP contribution in [0.1, 0.15) is 0 Å². The molecular formula is C60H40N2O. The van der Waals surface area contributed by atoms with Gasteiger partial charge in [-0.1, -0.05) is 170 Å². The highest BCUT2D eigenvalue weighted by Gasteiger charge is 2.22. The Morgan fingerprint density at radius 2 is 0.794 bits per heavy atom. The Kier molecular flexibility index (Phi) is 8.83. The molecule has 10 aromatic carbocycles. The SMILES string of the molecule is c1ccc(-c2cccc(-c3ccccc3N(c3ccc(-c4cccc(-n5c6ccccc6c6ccccc65)c4)cc3)c3ccccc3-c3ccc4c(c3)oc3ccccc34)c2)cc1. The topological polar surface area (TPSA) is 21.3 Å². The van der Waals surface area contributed by atoms with Gasteiger partial charge in [0.05, 0.1) is 22.4 Å². The Hall–Kier alpha value is -8.40. The molecule has 3 heteroatoms. The molecule has 0 unspecified atom stereocenters. The van der Waals surface area contributed by atoms with E-state index in [2.05, 4.69) is 240 Å². The lowest BCUT2D eigenvalue weighted by Gasteiger charge is -2.30. The molecule has 0 saturated heterocycles. The normalized spacial score (nSPS) is 11.5. The molecule has 2 aromatic heterocycles. The van der Waals surface area contributed by atoms with E-state index in [1.807, 2.05) is 12.1 Å². The Labute approximate surface area is 366 Å². The van der Waals surface area contributed by atoms with E-state index in [-0.39, 0.29) is 0 Å². The van der Waals surface area contributed by atoms with Gasteiger partial charge in [0, 0.05) is 44.0 Å². The fourth-order valence-electron chi connectivity index (χ4n) is 9.45. The molecule has 0 spiro atoms. The van der Waals surface area contributed by atoms with Crippen LogP contribution >= 0.6 is 0 Å². The van der Waals surface area contributed by atoms with Gasteiger partial charge in [-0.05, 0) is 106 Å². The fraction of sp³-hybridized carbons (Fsp3) is 0. The maximum absolute atomic E-state index is 6.42. The van der Waals surface area contributed by atoms with E-state index < -0.39 is 0 Å². The number of fused-ring (bicyclic) bond motifs is 6. The summed E-state index contributed by atoms with van der Waals surface area (Å²) in [7, 11) is 0. The number of benzene rings is 10. The fourth-order valence-corrected chi connectivity index (χ4v) is 9.45. The van der Waals surface area contributed by atoms with Crippen LogP contribution in [0.25, 0.3) is 93.9 Å². The molecule has 0 aliphatic carbocycles. The average molecular weight is 805 g/mol. The lowest BCUT2D eigenvalue weighted by molar-refractivity contribution is 0.669. The second-order valence-electron chi connectivity index (χ2n) is 16.1. The van der Waals surface area contributed by atoms with Crippen LogP contribution in [0.2, 0.25) is 0 Å². The van der Waals surface area contributed by atoms with Crippen molar-refractivity contribution in [2.75, 3.05) is 4.90 Å². The van der Waals surface area contributed by atoms with E-state index in [0.29, 0.717) is 0 Å². The van der Waals surface area contributed by atoms with E-state index in [1.165, 1.54) is 32.9 Å². The van der Waals surface area contributed by atoms with Crippen LogP contribution in [0, 0.1) is 0 Å². The summed E-state index contributed by atoms with van der Waals surface area (Å²) in [5.41, 5.74) is 17.7. The first-order valence-electron chi connectivity index (χ1n) is 21.5. The lowest BCUT2D eigenvalue weighted by Crippen LogP contribution is -2.12. The van der Waals surface area contributed by atoms with Crippen LogP contribution in [-0.4, -0.2) is 4.57 Å². The van der Waals surface area contributed by atoms with Gasteiger partial charge in [0.25, 0.3) is 0 Å². The first kappa shape index (κ1) is 36.5. The molecule has 0 radical (unpaired) electrons. The molecule has 0 aliphatic heterocycles. The van der Waals surface area contributed by atoms with Crippen molar-refractivity contribution in [1.82, 2.24) is 4.57 Å². The largest absolute Gasteiger partial charge is 0.456 e. The number of rotatable bonds is 8. The van der Waals surface area contributed by atoms with Crippen molar-refractivity contribution >= 4 is 60.8 Å². The van der Waals surface area contributed by atoms with Crippen molar-refractivity contribution in [3.05, 3.63) is 243 Å². The van der Waals surface area contributed by atoms with Crippen LogP contribution in [0.15, 0.2) is 247 Å². The second kappa shape index (κ2) is 15.3. The molecule has 0 aliphatic rings. The average Bonchev–Trinajstić information content (AvgIpc) is 3.90. The second-order valence-corrected chi connectivity index (χ2v) is 16.1. The van der Waals surface area contributed by atoms with Gasteiger partial charge in [-0.2, -0.15) is 0 Å². The summed E-state index contributed by atoms with van der Waals surface area (Å²) in [6.07, 6.45) is 0. The molecule has 63 heavy (non-hydrogen) atoms. The molecule has 3 nitrogen and oxygen atoms in total. The zero-order valence-electron chi connectivity index (χ0n) is 34.4. The molecule has 0 saturated carbocycles. The number of furan rings is 1. The molecule has 0 atom stereocenters. The molecule has 0 fully saturated rings. The van der Waals surface area contributed by atoms with Crippen molar-refractivity contribution in [3.8, 4) is 50.2 Å². The number of hydrogen-bond acceptors (Lipinski definition) is 2. The first-order valence-corrected chi connectivity index (χ1v) is 21.5. The van der Waals surface area contributed by atoms with Gasteiger partial charge in [0.1, 0.15) is 11.2 Å². The summed E-state index contributed by atoms with van der Waals surface area (Å²) in [4.78, 5) is 2.42. The number of aromatic nitrogens is 1. The quantitative estimate of drug-likeness (QED) is 0.153. The van der Waals surface area contributed by atoms with Crippen molar-refractivity contribution in [2.24, 2.45) is 0 Å². The van der Waals surface area contributed by atoms with Crippen molar-refractivity contribution in [3.63, 3.8) is 0 Å². The van der Waals surface area contributed by atoms with Gasteiger partial charge in [0.15, 0.2) is 0 Å². The van der Waals surface area contributed by atoms with E-state index >= 15 is 0 Å². The third kappa shape index (κ3) is 6.38. The van der Waals surface area contributed by atoms with Crippen molar-refractivity contribution in [1.29, 1.82) is 0 Å². The van der Waals surface area contributed by atoms with Crippen molar-refractivity contribution in [2.45, 2.75) is 0 Å². The smallest absolute Gasteiger partial charge is 0.136 e. The third-order valence-corrected chi connectivity index (χ3v) is 12.4. The maximum Gasteiger partial charge on any atom is 0.136 e. The molecule has 0 N–H and O–H groups in total. The summed E-state index contributed by atoms with van der Waals surface area (Å²) in [5, 5.41) is 4.76. The monoisotopic (exact) mass is 804 g/mol. The summed E-state index contributed by atoms with van der Waals surface area (Å²) in [5.74, 6) is 0. The highest BCUT2D eigenvalue weighted by Crippen LogP contribution is 2.46. The summed E-state index contributed by atoms with van der Waals surface area (Å²) < 4.78 is 8.81. The number of hydrogen-bond donors (Lipinski definition) is 0. The van der Waals surface area contributed by atoms with E-state index in [9.17, 15) is 0 Å². The minimum atomic E-state index is 0.876. The molecular weight excluding hydrogens is 765 g/mol. The summed E-state index contributed by atoms with van der Waals surface area (Å²) in [6.45, 7) is 0. The number of nitrogens with zero attached hydrogens (tertiary/aromatic N) is 2. The van der Waals surface area contributed by atoms with Gasteiger partial charge in [-0.15, -0.1) is 0 Å². The van der Waals surface area contributed by atoms with Gasteiger partial charge in [-0.3, -0.25) is 0 Å². The minimum absolute atomic E-state index is 0.876. The van der Waals surface area contributed by atoms with Crippen molar-refractivity contribution < 1.29 is 4.42 Å².